The van der Waals surface area contributed by atoms with E-state index in [0.29, 0.717) is 11.6 Å². The minimum Gasteiger partial charge on any atom is -0.489 e. The van der Waals surface area contributed by atoms with Crippen LogP contribution in [0.3, 0.4) is 0 Å². The molecule has 2 unspecified atom stereocenters. The van der Waals surface area contributed by atoms with E-state index >= 15 is 0 Å². The summed E-state index contributed by atoms with van der Waals surface area (Å²) in [6.07, 6.45) is 2.04. The van der Waals surface area contributed by atoms with E-state index < -0.39 is 0 Å². The van der Waals surface area contributed by atoms with Crippen LogP contribution < -0.4 is 15.4 Å². The third kappa shape index (κ3) is 4.66. The van der Waals surface area contributed by atoms with Gasteiger partial charge in [0.1, 0.15) is 23.5 Å². The van der Waals surface area contributed by atoms with Gasteiger partial charge in [-0.2, -0.15) is 5.10 Å². The van der Waals surface area contributed by atoms with Crippen molar-refractivity contribution in [2.24, 2.45) is 4.99 Å². The molecule has 7 nitrogen and oxygen atoms in total. The van der Waals surface area contributed by atoms with Crippen molar-refractivity contribution in [1.29, 1.82) is 0 Å². The van der Waals surface area contributed by atoms with E-state index in [1.54, 1.807) is 7.05 Å². The van der Waals surface area contributed by atoms with E-state index in [1.165, 1.54) is 0 Å². The average Bonchev–Trinajstić information content (AvgIpc) is 2.99. The summed E-state index contributed by atoms with van der Waals surface area (Å²) in [7, 11) is 1.76. The summed E-state index contributed by atoms with van der Waals surface area (Å²) in [5, 5.41) is 11.9. The van der Waals surface area contributed by atoms with Crippen molar-refractivity contribution in [3.8, 4) is 5.75 Å². The molecule has 2 aromatic rings. The predicted molar refractivity (Wildman–Crippen MR) is 103 cm³/mol. The summed E-state index contributed by atoms with van der Waals surface area (Å²) in [6, 6.07) is 7.52. The van der Waals surface area contributed by atoms with Gasteiger partial charge in [-0.3, -0.25) is 4.99 Å². The number of rotatable bonds is 5. The van der Waals surface area contributed by atoms with Crippen LogP contribution in [0.5, 0.6) is 5.75 Å². The lowest BCUT2D eigenvalue weighted by molar-refractivity contribution is 0.223. The number of aryl methyl sites for hydroxylation is 2. The number of aromatic nitrogens is 3. The summed E-state index contributed by atoms with van der Waals surface area (Å²) in [5.74, 6) is 3.26. The van der Waals surface area contributed by atoms with Crippen LogP contribution in [0.2, 0.25) is 5.02 Å². The zero-order valence-corrected chi connectivity index (χ0v) is 16.1. The summed E-state index contributed by atoms with van der Waals surface area (Å²) in [6.45, 7) is 5.46. The summed E-state index contributed by atoms with van der Waals surface area (Å²) < 4.78 is 7.86. The fraction of sp³-hybridized carbons (Fsp3) is 0.500. The minimum atomic E-state index is -0.0377. The standard InChI is InChI=1S/C18H25ClN6O/c1-12(26-15-7-4-6-14(19)10-15)11-21-18(20-3)23-16-8-5-9-25-17(16)22-13(2)24-25/h4,6-7,10,12,16H,5,8-9,11H2,1-3H3,(H2,20,21,23). The predicted octanol–water partition coefficient (Wildman–Crippen LogP) is 2.71. The first-order valence-corrected chi connectivity index (χ1v) is 9.23. The molecule has 2 heterocycles. The molecule has 0 bridgehead atoms. The molecule has 0 aliphatic carbocycles. The molecule has 0 saturated heterocycles. The molecule has 0 saturated carbocycles. The van der Waals surface area contributed by atoms with Crippen molar-refractivity contribution < 1.29 is 4.74 Å². The summed E-state index contributed by atoms with van der Waals surface area (Å²) in [4.78, 5) is 8.86. The number of aliphatic imine (C=N–C) groups is 1. The molecule has 1 aromatic heterocycles. The highest BCUT2D eigenvalue weighted by Gasteiger charge is 2.24. The van der Waals surface area contributed by atoms with Crippen molar-refractivity contribution in [3.05, 3.63) is 40.9 Å². The third-order valence-electron chi connectivity index (χ3n) is 4.21. The maximum atomic E-state index is 5.99. The van der Waals surface area contributed by atoms with Crippen LogP contribution in [0.15, 0.2) is 29.3 Å². The fourth-order valence-electron chi connectivity index (χ4n) is 3.02. The molecule has 0 fully saturated rings. The average molecular weight is 377 g/mol. The SMILES string of the molecule is CN=C(NCC(C)Oc1cccc(Cl)c1)NC1CCCn2nc(C)nc21. The van der Waals surface area contributed by atoms with Gasteiger partial charge in [0.2, 0.25) is 0 Å². The first-order valence-electron chi connectivity index (χ1n) is 8.86. The Labute approximate surface area is 158 Å². The number of guanidine groups is 1. The Hall–Kier alpha value is -2.28. The molecule has 8 heteroatoms. The van der Waals surface area contributed by atoms with Gasteiger partial charge in [0.15, 0.2) is 5.96 Å². The number of benzene rings is 1. The van der Waals surface area contributed by atoms with Gasteiger partial charge in [0, 0.05) is 18.6 Å². The molecule has 2 atom stereocenters. The number of fused-ring (bicyclic) bond motifs is 1. The van der Waals surface area contributed by atoms with Gasteiger partial charge in [0.05, 0.1) is 12.6 Å². The molecule has 3 rings (SSSR count). The molecule has 1 aromatic carbocycles. The number of hydrogen-bond donors (Lipinski definition) is 2. The summed E-state index contributed by atoms with van der Waals surface area (Å²) in [5.41, 5.74) is 0. The molecular formula is C18H25ClN6O. The van der Waals surface area contributed by atoms with E-state index in [4.69, 9.17) is 16.3 Å². The lowest BCUT2D eigenvalue weighted by atomic mass is 10.1. The van der Waals surface area contributed by atoms with E-state index in [2.05, 4.69) is 25.7 Å². The Morgan fingerprint density at radius 3 is 3.12 bits per heavy atom. The lowest BCUT2D eigenvalue weighted by Gasteiger charge is -2.25. The number of hydrogen-bond acceptors (Lipinski definition) is 4. The Morgan fingerprint density at radius 2 is 2.35 bits per heavy atom. The second-order valence-corrected chi connectivity index (χ2v) is 6.85. The molecule has 1 aliphatic rings. The third-order valence-corrected chi connectivity index (χ3v) is 4.44. The zero-order valence-electron chi connectivity index (χ0n) is 15.4. The lowest BCUT2D eigenvalue weighted by Crippen LogP contribution is -2.44. The first kappa shape index (κ1) is 18.5. The highest BCUT2D eigenvalue weighted by atomic mass is 35.5. The van der Waals surface area contributed by atoms with Crippen LogP contribution in [0.25, 0.3) is 0 Å². The van der Waals surface area contributed by atoms with Gasteiger partial charge >= 0.3 is 0 Å². The van der Waals surface area contributed by atoms with Crippen LogP contribution in [0.1, 0.15) is 37.5 Å². The molecule has 0 spiro atoms. The van der Waals surface area contributed by atoms with Crippen molar-refractivity contribution in [2.45, 2.75) is 45.4 Å². The molecule has 0 amide bonds. The second kappa shape index (κ2) is 8.40. The monoisotopic (exact) mass is 376 g/mol. The number of halogens is 1. The smallest absolute Gasteiger partial charge is 0.191 e. The number of nitrogens with one attached hydrogen (secondary N) is 2. The molecule has 1 aliphatic heterocycles. The van der Waals surface area contributed by atoms with Gasteiger partial charge in [-0.05, 0) is 44.9 Å². The van der Waals surface area contributed by atoms with Crippen molar-refractivity contribution >= 4 is 17.6 Å². The van der Waals surface area contributed by atoms with Gasteiger partial charge in [-0.15, -0.1) is 0 Å². The number of nitrogens with zero attached hydrogens (tertiary/aromatic N) is 4. The topological polar surface area (TPSA) is 76.4 Å². The summed E-state index contributed by atoms with van der Waals surface area (Å²) >= 11 is 5.99. The Morgan fingerprint density at radius 1 is 1.50 bits per heavy atom. The van der Waals surface area contributed by atoms with Crippen LogP contribution in [0, 0.1) is 6.92 Å². The molecule has 140 valence electrons. The normalized spacial score (nSPS) is 18.2. The van der Waals surface area contributed by atoms with Crippen LogP contribution in [-0.4, -0.2) is 40.4 Å². The largest absolute Gasteiger partial charge is 0.489 e. The van der Waals surface area contributed by atoms with Gasteiger partial charge < -0.3 is 15.4 Å². The molecular weight excluding hydrogens is 352 g/mol. The van der Waals surface area contributed by atoms with Gasteiger partial charge in [-0.25, -0.2) is 9.67 Å². The van der Waals surface area contributed by atoms with Crippen LogP contribution in [0.4, 0.5) is 0 Å². The van der Waals surface area contributed by atoms with E-state index in [1.807, 2.05) is 42.8 Å². The Bertz CT molecular complexity index is 775. The Balaban J connectivity index is 1.54. The zero-order chi connectivity index (χ0) is 18.5. The molecule has 26 heavy (non-hydrogen) atoms. The van der Waals surface area contributed by atoms with Crippen molar-refractivity contribution in [2.75, 3.05) is 13.6 Å². The Kier molecular flexibility index (Phi) is 5.98. The van der Waals surface area contributed by atoms with Gasteiger partial charge in [0.25, 0.3) is 0 Å². The maximum Gasteiger partial charge on any atom is 0.191 e. The van der Waals surface area contributed by atoms with E-state index in [9.17, 15) is 0 Å². The second-order valence-electron chi connectivity index (χ2n) is 6.42. The van der Waals surface area contributed by atoms with E-state index in [0.717, 1.165) is 42.7 Å². The number of ether oxygens (including phenoxy) is 1. The first-order chi connectivity index (χ1) is 12.5. The van der Waals surface area contributed by atoms with Crippen molar-refractivity contribution in [3.63, 3.8) is 0 Å². The minimum absolute atomic E-state index is 0.0377. The maximum absolute atomic E-state index is 5.99. The quantitative estimate of drug-likeness (QED) is 0.619. The molecule has 2 N–H and O–H groups in total. The highest BCUT2D eigenvalue weighted by molar-refractivity contribution is 6.30. The van der Waals surface area contributed by atoms with Crippen LogP contribution in [-0.2, 0) is 6.54 Å². The van der Waals surface area contributed by atoms with Crippen LogP contribution >= 0.6 is 11.6 Å². The van der Waals surface area contributed by atoms with Crippen molar-refractivity contribution in [1.82, 2.24) is 25.4 Å². The fourth-order valence-corrected chi connectivity index (χ4v) is 3.20. The van der Waals surface area contributed by atoms with Gasteiger partial charge in [-0.1, -0.05) is 17.7 Å². The highest BCUT2D eigenvalue weighted by Crippen LogP contribution is 2.22. The molecule has 0 radical (unpaired) electrons. The van der Waals surface area contributed by atoms with E-state index in [-0.39, 0.29) is 12.1 Å².